The van der Waals surface area contributed by atoms with Crippen molar-refractivity contribution in [2.45, 2.75) is 13.0 Å². The summed E-state index contributed by atoms with van der Waals surface area (Å²) in [6, 6.07) is 5.90. The van der Waals surface area contributed by atoms with Crippen LogP contribution in [0.3, 0.4) is 0 Å². The van der Waals surface area contributed by atoms with E-state index >= 15 is 0 Å². The summed E-state index contributed by atoms with van der Waals surface area (Å²) in [7, 11) is 0. The molecule has 0 fully saturated rings. The summed E-state index contributed by atoms with van der Waals surface area (Å²) in [6.07, 6.45) is 0.934. The SMILES string of the molecule is NC(=O)CN1CCc2cc(Cl)ccc2C1. The van der Waals surface area contributed by atoms with Crippen LogP contribution in [-0.2, 0) is 17.8 Å². The van der Waals surface area contributed by atoms with Gasteiger partial charge in [-0.05, 0) is 29.7 Å². The molecule has 0 aliphatic carbocycles. The van der Waals surface area contributed by atoms with Gasteiger partial charge < -0.3 is 5.73 Å². The number of carbonyl (C=O) groups excluding carboxylic acids is 1. The molecule has 0 radical (unpaired) electrons. The lowest BCUT2D eigenvalue weighted by Crippen LogP contribution is -2.37. The third-order valence-electron chi connectivity index (χ3n) is 2.64. The monoisotopic (exact) mass is 224 g/mol. The average Bonchev–Trinajstić information content (AvgIpc) is 2.17. The van der Waals surface area contributed by atoms with Crippen molar-refractivity contribution in [2.75, 3.05) is 13.1 Å². The number of rotatable bonds is 2. The van der Waals surface area contributed by atoms with Crippen molar-refractivity contribution in [1.29, 1.82) is 0 Å². The molecule has 0 spiro atoms. The van der Waals surface area contributed by atoms with Crippen LogP contribution >= 0.6 is 11.6 Å². The van der Waals surface area contributed by atoms with Crippen LogP contribution in [0.1, 0.15) is 11.1 Å². The van der Waals surface area contributed by atoms with Crippen molar-refractivity contribution in [3.8, 4) is 0 Å². The highest BCUT2D eigenvalue weighted by Crippen LogP contribution is 2.22. The number of primary amides is 1. The lowest BCUT2D eigenvalue weighted by molar-refractivity contribution is -0.119. The fourth-order valence-electron chi connectivity index (χ4n) is 1.94. The van der Waals surface area contributed by atoms with Crippen LogP contribution in [0, 0.1) is 0 Å². The molecule has 0 atom stereocenters. The van der Waals surface area contributed by atoms with Gasteiger partial charge in [-0.1, -0.05) is 17.7 Å². The van der Waals surface area contributed by atoms with E-state index in [0.29, 0.717) is 6.54 Å². The van der Waals surface area contributed by atoms with Crippen molar-refractivity contribution < 1.29 is 4.79 Å². The fraction of sp³-hybridized carbons (Fsp3) is 0.364. The summed E-state index contributed by atoms with van der Waals surface area (Å²) in [5.41, 5.74) is 7.69. The maximum Gasteiger partial charge on any atom is 0.231 e. The Kier molecular flexibility index (Phi) is 2.93. The Balaban J connectivity index is 2.13. The summed E-state index contributed by atoms with van der Waals surface area (Å²) < 4.78 is 0. The number of halogens is 1. The fourth-order valence-corrected chi connectivity index (χ4v) is 2.13. The average molecular weight is 225 g/mol. The second-order valence-electron chi connectivity index (χ2n) is 3.84. The van der Waals surface area contributed by atoms with Gasteiger partial charge in [-0.3, -0.25) is 9.69 Å². The molecule has 1 amide bonds. The second kappa shape index (κ2) is 4.21. The van der Waals surface area contributed by atoms with Gasteiger partial charge in [0, 0.05) is 18.1 Å². The van der Waals surface area contributed by atoms with Crippen LogP contribution in [0.25, 0.3) is 0 Å². The Labute approximate surface area is 93.8 Å². The Morgan fingerprint density at radius 2 is 2.27 bits per heavy atom. The van der Waals surface area contributed by atoms with E-state index in [0.717, 1.165) is 24.5 Å². The zero-order valence-corrected chi connectivity index (χ0v) is 9.13. The molecule has 1 aromatic carbocycles. The summed E-state index contributed by atoms with van der Waals surface area (Å²) in [4.78, 5) is 12.8. The van der Waals surface area contributed by atoms with E-state index in [1.165, 1.54) is 11.1 Å². The summed E-state index contributed by atoms with van der Waals surface area (Å²) in [5, 5.41) is 0.775. The molecule has 1 heterocycles. The number of nitrogens with zero attached hydrogens (tertiary/aromatic N) is 1. The van der Waals surface area contributed by atoms with Crippen molar-refractivity contribution in [1.82, 2.24) is 4.90 Å². The van der Waals surface area contributed by atoms with E-state index < -0.39 is 0 Å². The molecule has 1 aliphatic heterocycles. The molecular formula is C11H13ClN2O. The van der Waals surface area contributed by atoms with Gasteiger partial charge in [-0.15, -0.1) is 0 Å². The number of amides is 1. The number of hydrogen-bond acceptors (Lipinski definition) is 2. The largest absolute Gasteiger partial charge is 0.369 e. The first-order chi connectivity index (χ1) is 7.15. The third-order valence-corrected chi connectivity index (χ3v) is 2.87. The highest BCUT2D eigenvalue weighted by molar-refractivity contribution is 6.30. The van der Waals surface area contributed by atoms with E-state index in [4.69, 9.17) is 17.3 Å². The van der Waals surface area contributed by atoms with Gasteiger partial charge in [0.15, 0.2) is 0 Å². The van der Waals surface area contributed by atoms with Crippen LogP contribution in [0.2, 0.25) is 5.02 Å². The van der Waals surface area contributed by atoms with Gasteiger partial charge in [0.1, 0.15) is 0 Å². The minimum absolute atomic E-state index is 0.271. The van der Waals surface area contributed by atoms with Gasteiger partial charge in [0.25, 0.3) is 0 Å². The standard InChI is InChI=1S/C11H13ClN2O/c12-10-2-1-9-6-14(7-11(13)15)4-3-8(9)5-10/h1-2,5H,3-4,6-7H2,(H2,13,15). The molecule has 0 saturated carbocycles. The van der Waals surface area contributed by atoms with E-state index in [1.807, 2.05) is 18.2 Å². The normalized spacial score (nSPS) is 16.1. The molecule has 15 heavy (non-hydrogen) atoms. The number of benzene rings is 1. The van der Waals surface area contributed by atoms with Gasteiger partial charge >= 0.3 is 0 Å². The predicted molar refractivity (Wildman–Crippen MR) is 59.6 cm³/mol. The van der Waals surface area contributed by atoms with Gasteiger partial charge in [0.2, 0.25) is 5.91 Å². The molecule has 1 aliphatic rings. The third kappa shape index (κ3) is 2.49. The van der Waals surface area contributed by atoms with Crippen LogP contribution in [0.4, 0.5) is 0 Å². The molecule has 0 unspecified atom stereocenters. The van der Waals surface area contributed by atoms with Crippen molar-refractivity contribution >= 4 is 17.5 Å². The smallest absolute Gasteiger partial charge is 0.231 e. The molecule has 2 rings (SSSR count). The number of fused-ring (bicyclic) bond motifs is 1. The van der Waals surface area contributed by atoms with Crippen LogP contribution in [0.5, 0.6) is 0 Å². The van der Waals surface area contributed by atoms with Crippen molar-refractivity contribution in [3.63, 3.8) is 0 Å². The first-order valence-electron chi connectivity index (χ1n) is 4.93. The highest BCUT2D eigenvalue weighted by Gasteiger charge is 2.17. The predicted octanol–water partition coefficient (Wildman–Crippen LogP) is 1.18. The van der Waals surface area contributed by atoms with Crippen LogP contribution < -0.4 is 5.73 Å². The molecule has 0 saturated heterocycles. The Bertz CT molecular complexity index is 392. The maximum absolute atomic E-state index is 10.8. The second-order valence-corrected chi connectivity index (χ2v) is 4.28. The zero-order valence-electron chi connectivity index (χ0n) is 8.37. The van der Waals surface area contributed by atoms with Crippen LogP contribution in [0.15, 0.2) is 18.2 Å². The zero-order chi connectivity index (χ0) is 10.8. The Hall–Kier alpha value is -1.06. The minimum Gasteiger partial charge on any atom is -0.369 e. The highest BCUT2D eigenvalue weighted by atomic mass is 35.5. The quantitative estimate of drug-likeness (QED) is 0.820. The first-order valence-corrected chi connectivity index (χ1v) is 5.31. The molecule has 2 N–H and O–H groups in total. The van der Waals surface area contributed by atoms with Crippen LogP contribution in [-0.4, -0.2) is 23.9 Å². The molecule has 0 bridgehead atoms. The maximum atomic E-state index is 10.8. The van der Waals surface area contributed by atoms with E-state index in [9.17, 15) is 4.79 Å². The number of carbonyl (C=O) groups is 1. The van der Waals surface area contributed by atoms with Gasteiger partial charge in [0.05, 0.1) is 6.54 Å². The van der Waals surface area contributed by atoms with Gasteiger partial charge in [-0.2, -0.15) is 0 Å². The lowest BCUT2D eigenvalue weighted by atomic mass is 10.00. The summed E-state index contributed by atoms with van der Waals surface area (Å²) >= 11 is 5.91. The Morgan fingerprint density at radius 1 is 1.47 bits per heavy atom. The summed E-state index contributed by atoms with van der Waals surface area (Å²) in [5.74, 6) is -0.271. The first kappa shape index (κ1) is 10.5. The topological polar surface area (TPSA) is 46.3 Å². The molecule has 0 aromatic heterocycles. The van der Waals surface area contributed by atoms with E-state index in [2.05, 4.69) is 4.90 Å². The van der Waals surface area contributed by atoms with Gasteiger partial charge in [-0.25, -0.2) is 0 Å². The minimum atomic E-state index is -0.271. The number of hydrogen-bond donors (Lipinski definition) is 1. The molecule has 80 valence electrons. The number of nitrogens with two attached hydrogens (primary N) is 1. The molecular weight excluding hydrogens is 212 g/mol. The molecule has 1 aromatic rings. The van der Waals surface area contributed by atoms with E-state index in [1.54, 1.807) is 0 Å². The molecule has 4 heteroatoms. The molecule has 3 nitrogen and oxygen atoms in total. The Morgan fingerprint density at radius 3 is 3.00 bits per heavy atom. The van der Waals surface area contributed by atoms with Crippen molar-refractivity contribution in [2.24, 2.45) is 5.73 Å². The van der Waals surface area contributed by atoms with E-state index in [-0.39, 0.29) is 5.91 Å². The van der Waals surface area contributed by atoms with Crippen molar-refractivity contribution in [3.05, 3.63) is 34.3 Å². The summed E-state index contributed by atoms with van der Waals surface area (Å²) in [6.45, 7) is 1.99. The lowest BCUT2D eigenvalue weighted by Gasteiger charge is -2.27.